The van der Waals surface area contributed by atoms with Crippen LogP contribution in [0.3, 0.4) is 0 Å². The van der Waals surface area contributed by atoms with Crippen molar-refractivity contribution in [2.45, 2.75) is 32.9 Å². The Morgan fingerprint density at radius 1 is 1.00 bits per heavy atom. The fraction of sp³-hybridized carbons (Fsp3) is 0.280. The topological polar surface area (TPSA) is 66.4 Å². The lowest BCUT2D eigenvalue weighted by molar-refractivity contribution is -0.137. The molecule has 2 amide bonds. The molecule has 1 atom stereocenters. The van der Waals surface area contributed by atoms with Gasteiger partial charge in [0, 0.05) is 56.5 Å². The molecule has 0 radical (unpaired) electrons. The van der Waals surface area contributed by atoms with E-state index in [9.17, 15) is 9.59 Å². The number of pyridine rings is 2. The summed E-state index contributed by atoms with van der Waals surface area (Å²) in [4.78, 5) is 38.2. The molecule has 6 nitrogen and oxygen atoms in total. The smallest absolute Gasteiger partial charge is 0.228 e. The zero-order chi connectivity index (χ0) is 21.6. The van der Waals surface area contributed by atoms with Gasteiger partial charge in [-0.2, -0.15) is 0 Å². The molecule has 1 unspecified atom stereocenters. The molecule has 0 bridgehead atoms. The Morgan fingerprint density at radius 3 is 2.52 bits per heavy atom. The molecule has 1 aliphatic rings. The quantitative estimate of drug-likeness (QED) is 0.592. The molecule has 3 aromatic rings. The predicted molar refractivity (Wildman–Crippen MR) is 119 cm³/mol. The third-order valence-corrected chi connectivity index (χ3v) is 5.67. The first-order valence-electron chi connectivity index (χ1n) is 10.6. The molecule has 1 saturated heterocycles. The van der Waals surface area contributed by atoms with Crippen molar-refractivity contribution in [2.24, 2.45) is 5.92 Å². The fourth-order valence-corrected chi connectivity index (χ4v) is 4.07. The van der Waals surface area contributed by atoms with Crippen LogP contribution in [0.2, 0.25) is 0 Å². The summed E-state index contributed by atoms with van der Waals surface area (Å²) in [7, 11) is 0. The Balaban J connectivity index is 1.55. The van der Waals surface area contributed by atoms with E-state index in [0.717, 1.165) is 28.8 Å². The largest absolute Gasteiger partial charge is 0.334 e. The second-order valence-corrected chi connectivity index (χ2v) is 7.80. The van der Waals surface area contributed by atoms with E-state index in [1.165, 1.54) is 0 Å². The first-order chi connectivity index (χ1) is 15.2. The Kier molecular flexibility index (Phi) is 6.36. The second kappa shape index (κ2) is 9.51. The molecule has 0 spiro atoms. The average Bonchev–Trinajstić information content (AvgIpc) is 3.21. The van der Waals surface area contributed by atoms with Crippen molar-refractivity contribution in [3.8, 4) is 0 Å². The van der Waals surface area contributed by atoms with Crippen molar-refractivity contribution in [3.63, 3.8) is 0 Å². The van der Waals surface area contributed by atoms with Gasteiger partial charge in [-0.05, 0) is 47.4 Å². The molecule has 6 heteroatoms. The van der Waals surface area contributed by atoms with E-state index in [4.69, 9.17) is 0 Å². The van der Waals surface area contributed by atoms with Gasteiger partial charge < -0.3 is 9.80 Å². The maximum absolute atomic E-state index is 13.5. The highest BCUT2D eigenvalue weighted by atomic mass is 16.2. The number of anilines is 1. The minimum Gasteiger partial charge on any atom is -0.334 e. The molecule has 3 heterocycles. The van der Waals surface area contributed by atoms with Crippen molar-refractivity contribution in [1.29, 1.82) is 0 Å². The highest BCUT2D eigenvalue weighted by Crippen LogP contribution is 2.30. The van der Waals surface area contributed by atoms with Crippen LogP contribution >= 0.6 is 0 Å². The van der Waals surface area contributed by atoms with Gasteiger partial charge in [0.1, 0.15) is 0 Å². The van der Waals surface area contributed by atoms with Crippen LogP contribution in [0.25, 0.3) is 0 Å². The van der Waals surface area contributed by atoms with Crippen LogP contribution in [0, 0.1) is 5.92 Å². The first-order valence-corrected chi connectivity index (χ1v) is 10.6. The molecule has 0 aliphatic carbocycles. The number of nitrogens with zero attached hydrogens (tertiary/aromatic N) is 4. The van der Waals surface area contributed by atoms with E-state index < -0.39 is 0 Å². The van der Waals surface area contributed by atoms with Crippen molar-refractivity contribution < 1.29 is 9.59 Å². The number of amides is 2. The van der Waals surface area contributed by atoms with Crippen molar-refractivity contribution >= 4 is 17.5 Å². The monoisotopic (exact) mass is 414 g/mol. The summed E-state index contributed by atoms with van der Waals surface area (Å²) >= 11 is 0. The van der Waals surface area contributed by atoms with Gasteiger partial charge in [0.05, 0.1) is 5.92 Å². The maximum Gasteiger partial charge on any atom is 0.228 e. The Bertz CT molecular complexity index is 998. The summed E-state index contributed by atoms with van der Waals surface area (Å²) in [6.45, 7) is 3.40. The van der Waals surface area contributed by atoms with E-state index in [1.54, 1.807) is 29.7 Å². The summed E-state index contributed by atoms with van der Waals surface area (Å²) in [5, 5.41) is 0. The summed E-state index contributed by atoms with van der Waals surface area (Å²) < 4.78 is 0. The maximum atomic E-state index is 13.5. The van der Waals surface area contributed by atoms with Crippen molar-refractivity contribution in [1.82, 2.24) is 14.9 Å². The van der Waals surface area contributed by atoms with Crippen LogP contribution < -0.4 is 4.90 Å². The lowest BCUT2D eigenvalue weighted by atomic mass is 10.1. The van der Waals surface area contributed by atoms with Crippen molar-refractivity contribution in [3.05, 3.63) is 90.0 Å². The Hall–Kier alpha value is -3.54. The number of hydrogen-bond donors (Lipinski definition) is 0. The molecule has 1 aromatic carbocycles. The van der Waals surface area contributed by atoms with E-state index >= 15 is 0 Å². The van der Waals surface area contributed by atoms with E-state index in [0.29, 0.717) is 19.6 Å². The van der Waals surface area contributed by atoms with E-state index in [1.807, 2.05) is 53.4 Å². The number of benzene rings is 1. The van der Waals surface area contributed by atoms with Gasteiger partial charge in [0.2, 0.25) is 11.8 Å². The number of rotatable bonds is 7. The van der Waals surface area contributed by atoms with E-state index in [2.05, 4.69) is 16.9 Å². The molecule has 4 rings (SSSR count). The van der Waals surface area contributed by atoms with Gasteiger partial charge in [0.15, 0.2) is 0 Å². The Morgan fingerprint density at radius 2 is 1.77 bits per heavy atom. The second-order valence-electron chi connectivity index (χ2n) is 7.80. The molecule has 1 aliphatic heterocycles. The molecule has 0 saturated carbocycles. The number of aryl methyl sites for hydroxylation is 1. The van der Waals surface area contributed by atoms with Gasteiger partial charge in [-0.15, -0.1) is 0 Å². The third-order valence-electron chi connectivity index (χ3n) is 5.67. The molecule has 0 N–H and O–H groups in total. The zero-order valence-corrected chi connectivity index (χ0v) is 17.6. The van der Waals surface area contributed by atoms with Crippen LogP contribution in [-0.4, -0.2) is 33.2 Å². The average molecular weight is 415 g/mol. The zero-order valence-electron chi connectivity index (χ0n) is 17.6. The van der Waals surface area contributed by atoms with Crippen LogP contribution in [0.1, 0.15) is 30.0 Å². The standard InChI is InChI=1S/C25H26N4O2/c1-2-21-7-3-4-8-23(21)29-18-22(14-24(29)30)25(31)28(16-19-9-12-26-13-10-19)17-20-6-5-11-27-15-20/h3-13,15,22H,2,14,16-18H2,1H3. The van der Waals surface area contributed by atoms with Gasteiger partial charge >= 0.3 is 0 Å². The normalized spacial score (nSPS) is 15.8. The van der Waals surface area contributed by atoms with Gasteiger partial charge in [-0.1, -0.05) is 31.2 Å². The van der Waals surface area contributed by atoms with Crippen LogP contribution in [0.4, 0.5) is 5.69 Å². The number of hydrogen-bond acceptors (Lipinski definition) is 4. The summed E-state index contributed by atoms with van der Waals surface area (Å²) in [5.74, 6) is -0.370. The summed E-state index contributed by atoms with van der Waals surface area (Å²) in [6, 6.07) is 15.6. The molecule has 158 valence electrons. The molecular weight excluding hydrogens is 388 g/mol. The molecule has 31 heavy (non-hydrogen) atoms. The van der Waals surface area contributed by atoms with Crippen molar-refractivity contribution in [2.75, 3.05) is 11.4 Å². The highest BCUT2D eigenvalue weighted by molar-refractivity contribution is 6.00. The number of para-hydroxylation sites is 1. The lowest BCUT2D eigenvalue weighted by Crippen LogP contribution is -2.37. The molecule has 1 fully saturated rings. The SMILES string of the molecule is CCc1ccccc1N1CC(C(=O)N(Cc2ccncc2)Cc2cccnc2)CC1=O. The first kappa shape index (κ1) is 20.7. The molecular formula is C25H26N4O2. The molecule has 2 aromatic heterocycles. The minimum absolute atomic E-state index is 0.00416. The van der Waals surface area contributed by atoms with Crippen LogP contribution in [0.5, 0.6) is 0 Å². The number of aromatic nitrogens is 2. The van der Waals surface area contributed by atoms with Gasteiger partial charge in [0.25, 0.3) is 0 Å². The fourth-order valence-electron chi connectivity index (χ4n) is 4.07. The van der Waals surface area contributed by atoms with Gasteiger partial charge in [-0.3, -0.25) is 19.6 Å². The summed E-state index contributed by atoms with van der Waals surface area (Å²) in [5.41, 5.74) is 4.00. The lowest BCUT2D eigenvalue weighted by Gasteiger charge is -2.26. The number of carbonyl (C=O) groups excluding carboxylic acids is 2. The Labute approximate surface area is 182 Å². The van der Waals surface area contributed by atoms with Crippen LogP contribution in [0.15, 0.2) is 73.3 Å². The van der Waals surface area contributed by atoms with E-state index in [-0.39, 0.29) is 24.2 Å². The highest BCUT2D eigenvalue weighted by Gasteiger charge is 2.37. The summed E-state index contributed by atoms with van der Waals surface area (Å²) in [6.07, 6.45) is 8.02. The predicted octanol–water partition coefficient (Wildman–Crippen LogP) is 3.62. The third kappa shape index (κ3) is 4.79. The minimum atomic E-state index is -0.365. The van der Waals surface area contributed by atoms with Gasteiger partial charge in [-0.25, -0.2) is 0 Å². The number of carbonyl (C=O) groups is 2. The van der Waals surface area contributed by atoms with Crippen LogP contribution in [-0.2, 0) is 29.1 Å².